The third kappa shape index (κ3) is 3.42. The van der Waals surface area contributed by atoms with Crippen LogP contribution in [0.25, 0.3) is 0 Å². The predicted molar refractivity (Wildman–Crippen MR) is 56.3 cm³/mol. The first-order chi connectivity index (χ1) is 8.25. The Morgan fingerprint density at radius 1 is 1.50 bits per heavy atom. The van der Waals surface area contributed by atoms with E-state index >= 15 is 0 Å². The number of halogens is 3. The van der Waals surface area contributed by atoms with Crippen molar-refractivity contribution in [1.82, 2.24) is 20.3 Å². The van der Waals surface area contributed by atoms with Crippen molar-refractivity contribution in [1.29, 1.82) is 0 Å². The highest BCUT2D eigenvalue weighted by Crippen LogP contribution is 2.27. The van der Waals surface area contributed by atoms with E-state index in [1.807, 2.05) is 0 Å². The van der Waals surface area contributed by atoms with Gasteiger partial charge in [-0.1, -0.05) is 5.21 Å². The van der Waals surface area contributed by atoms with Crippen molar-refractivity contribution in [3.05, 3.63) is 12.4 Å². The van der Waals surface area contributed by atoms with Gasteiger partial charge < -0.3 is 11.1 Å². The number of nitrogens with zero attached hydrogens (tertiary/aromatic N) is 3. The number of rotatable bonds is 5. The van der Waals surface area contributed by atoms with E-state index in [2.05, 4.69) is 15.6 Å². The summed E-state index contributed by atoms with van der Waals surface area (Å²) in [5, 5.41) is 9.38. The Balaban J connectivity index is 2.33. The second-order valence-corrected chi connectivity index (χ2v) is 3.98. The molecule has 102 valence electrons. The van der Waals surface area contributed by atoms with Crippen molar-refractivity contribution in [2.24, 2.45) is 5.73 Å². The molecule has 0 aromatic carbocycles. The van der Waals surface area contributed by atoms with Crippen LogP contribution in [0.2, 0.25) is 0 Å². The first kappa shape index (κ1) is 14.4. The third-order valence-corrected chi connectivity index (χ3v) is 2.38. The van der Waals surface area contributed by atoms with E-state index in [4.69, 9.17) is 5.73 Å². The van der Waals surface area contributed by atoms with Crippen LogP contribution in [0.5, 0.6) is 0 Å². The van der Waals surface area contributed by atoms with Gasteiger partial charge in [-0.15, -0.1) is 5.10 Å². The van der Waals surface area contributed by atoms with Gasteiger partial charge in [0.15, 0.2) is 5.54 Å². The second-order valence-electron chi connectivity index (χ2n) is 3.98. The monoisotopic (exact) mass is 265 g/mol. The molecule has 0 radical (unpaired) electrons. The molecule has 0 spiro atoms. The van der Waals surface area contributed by atoms with Gasteiger partial charge in [0.1, 0.15) is 0 Å². The van der Waals surface area contributed by atoms with Crippen molar-refractivity contribution in [2.45, 2.75) is 31.6 Å². The molecule has 1 atom stereocenters. The molecular formula is C9H14F3N5O. The zero-order chi connectivity index (χ0) is 13.8. The number of carbonyl (C=O) groups excluding carboxylic acids is 1. The first-order valence-corrected chi connectivity index (χ1v) is 5.23. The summed E-state index contributed by atoms with van der Waals surface area (Å²) in [4.78, 5) is 11.3. The molecule has 1 amide bonds. The van der Waals surface area contributed by atoms with Crippen LogP contribution >= 0.6 is 0 Å². The van der Waals surface area contributed by atoms with E-state index in [-0.39, 0.29) is 6.54 Å². The normalized spacial score (nSPS) is 15.2. The average Bonchev–Trinajstić information content (AvgIpc) is 2.75. The summed E-state index contributed by atoms with van der Waals surface area (Å²) in [6.45, 7) is 1.18. The summed E-state index contributed by atoms with van der Waals surface area (Å²) in [6, 6.07) is 0. The van der Waals surface area contributed by atoms with Crippen molar-refractivity contribution < 1.29 is 18.0 Å². The number of carbonyl (C=O) groups is 1. The van der Waals surface area contributed by atoms with Gasteiger partial charge in [-0.2, -0.15) is 13.2 Å². The topological polar surface area (TPSA) is 85.8 Å². The van der Waals surface area contributed by atoms with Gasteiger partial charge in [0, 0.05) is 19.3 Å². The summed E-state index contributed by atoms with van der Waals surface area (Å²) in [6.07, 6.45) is -1.24. The van der Waals surface area contributed by atoms with Crippen molar-refractivity contribution >= 4 is 5.91 Å². The van der Waals surface area contributed by atoms with Crippen LogP contribution in [0.1, 0.15) is 13.3 Å². The number of alkyl halides is 3. The van der Waals surface area contributed by atoms with Crippen LogP contribution in [-0.4, -0.2) is 39.2 Å². The minimum absolute atomic E-state index is 0.0849. The molecule has 0 saturated heterocycles. The summed E-state index contributed by atoms with van der Waals surface area (Å²) in [5.41, 5.74) is 2.07. The SMILES string of the molecule is CC(N)(C(=O)NCCCn1ccnn1)C(F)(F)F. The second kappa shape index (κ2) is 5.34. The van der Waals surface area contributed by atoms with Gasteiger partial charge in [0.25, 0.3) is 0 Å². The molecule has 0 bridgehead atoms. The highest BCUT2D eigenvalue weighted by Gasteiger charge is 2.53. The number of hydrogen-bond acceptors (Lipinski definition) is 4. The lowest BCUT2D eigenvalue weighted by Gasteiger charge is -2.26. The van der Waals surface area contributed by atoms with Crippen LogP contribution in [0, 0.1) is 0 Å². The quantitative estimate of drug-likeness (QED) is 0.737. The Hall–Kier alpha value is -1.64. The van der Waals surface area contributed by atoms with E-state index in [1.165, 1.54) is 10.9 Å². The number of hydrogen-bond donors (Lipinski definition) is 2. The van der Waals surface area contributed by atoms with Crippen LogP contribution in [0.4, 0.5) is 13.2 Å². The molecule has 6 nitrogen and oxygen atoms in total. The summed E-state index contributed by atoms with van der Waals surface area (Å²) >= 11 is 0. The molecular weight excluding hydrogens is 251 g/mol. The van der Waals surface area contributed by atoms with Crippen molar-refractivity contribution in [3.8, 4) is 0 Å². The van der Waals surface area contributed by atoms with E-state index in [0.29, 0.717) is 19.9 Å². The number of amides is 1. The maximum Gasteiger partial charge on any atom is 0.415 e. The number of aryl methyl sites for hydroxylation is 1. The smallest absolute Gasteiger partial charge is 0.354 e. The van der Waals surface area contributed by atoms with Gasteiger partial charge in [0.05, 0.1) is 6.20 Å². The van der Waals surface area contributed by atoms with Crippen molar-refractivity contribution in [2.75, 3.05) is 6.54 Å². The predicted octanol–water partition coefficient (Wildman–Crippen LogP) is 0.0641. The molecule has 9 heteroatoms. The lowest BCUT2D eigenvalue weighted by Crippen LogP contribution is -2.61. The van der Waals surface area contributed by atoms with Crippen LogP contribution in [-0.2, 0) is 11.3 Å². The maximum atomic E-state index is 12.4. The van der Waals surface area contributed by atoms with Gasteiger partial charge in [-0.05, 0) is 13.3 Å². The fourth-order valence-electron chi connectivity index (χ4n) is 1.11. The lowest BCUT2D eigenvalue weighted by molar-refractivity contribution is -0.187. The molecule has 0 fully saturated rings. The highest BCUT2D eigenvalue weighted by atomic mass is 19.4. The Kier molecular flexibility index (Phi) is 4.28. The third-order valence-electron chi connectivity index (χ3n) is 2.38. The molecule has 18 heavy (non-hydrogen) atoms. The van der Waals surface area contributed by atoms with E-state index in [0.717, 1.165) is 0 Å². The molecule has 0 saturated carbocycles. The average molecular weight is 265 g/mol. The molecule has 1 rings (SSSR count). The molecule has 3 N–H and O–H groups in total. The van der Waals surface area contributed by atoms with E-state index in [9.17, 15) is 18.0 Å². The lowest BCUT2D eigenvalue weighted by atomic mass is 10.0. The van der Waals surface area contributed by atoms with Crippen LogP contribution in [0.3, 0.4) is 0 Å². The molecule has 0 aliphatic rings. The summed E-state index contributed by atoms with van der Waals surface area (Å²) in [7, 11) is 0. The van der Waals surface area contributed by atoms with Gasteiger partial charge in [-0.25, -0.2) is 0 Å². The minimum Gasteiger partial charge on any atom is -0.354 e. The molecule has 1 aromatic rings. The molecule has 0 aliphatic heterocycles. The maximum absolute atomic E-state index is 12.4. The zero-order valence-corrected chi connectivity index (χ0v) is 9.74. The van der Waals surface area contributed by atoms with E-state index < -0.39 is 17.6 Å². The fourth-order valence-corrected chi connectivity index (χ4v) is 1.11. The standard InChI is InChI=1S/C9H14F3N5O/c1-8(13,9(10,11)12)7(18)14-3-2-5-17-6-4-15-16-17/h4,6H,2-3,5,13H2,1H3,(H,14,18). The van der Waals surface area contributed by atoms with E-state index in [1.54, 1.807) is 6.20 Å². The zero-order valence-electron chi connectivity index (χ0n) is 9.74. The van der Waals surface area contributed by atoms with Gasteiger partial charge in [-0.3, -0.25) is 9.48 Å². The van der Waals surface area contributed by atoms with Gasteiger partial charge in [0.2, 0.25) is 5.91 Å². The largest absolute Gasteiger partial charge is 0.415 e. The van der Waals surface area contributed by atoms with Gasteiger partial charge >= 0.3 is 6.18 Å². The number of nitrogens with two attached hydrogens (primary N) is 1. The Morgan fingerprint density at radius 3 is 2.67 bits per heavy atom. The van der Waals surface area contributed by atoms with Crippen LogP contribution < -0.4 is 11.1 Å². The molecule has 1 aromatic heterocycles. The molecule has 1 heterocycles. The number of nitrogens with one attached hydrogen (secondary N) is 1. The van der Waals surface area contributed by atoms with Crippen LogP contribution in [0.15, 0.2) is 12.4 Å². The summed E-state index contributed by atoms with van der Waals surface area (Å²) in [5.74, 6) is -1.24. The highest BCUT2D eigenvalue weighted by molar-refractivity contribution is 5.86. The molecule has 0 aliphatic carbocycles. The summed E-state index contributed by atoms with van der Waals surface area (Å²) < 4.78 is 38.7. The van der Waals surface area contributed by atoms with Crippen molar-refractivity contribution in [3.63, 3.8) is 0 Å². The Bertz CT molecular complexity index is 387. The Morgan fingerprint density at radius 2 is 2.17 bits per heavy atom. The Labute approximate surface area is 101 Å². The number of aromatic nitrogens is 3. The molecule has 1 unspecified atom stereocenters. The fraction of sp³-hybridized carbons (Fsp3) is 0.667. The first-order valence-electron chi connectivity index (χ1n) is 5.23. The minimum atomic E-state index is -4.77.